The van der Waals surface area contributed by atoms with Gasteiger partial charge < -0.3 is 5.73 Å². The molecular weight excluding hydrogens is 254 g/mol. The molecular formula is C11H14BrN3. The molecule has 0 aliphatic carbocycles. The van der Waals surface area contributed by atoms with Gasteiger partial charge in [-0.3, -0.25) is 0 Å². The van der Waals surface area contributed by atoms with Crippen LogP contribution in [-0.2, 0) is 5.41 Å². The standard InChI is InChI=1S/C11H14BrN3/c1-11(2,3)7-4-9-8(12)6-14-15(9)10(13)5-7/h4-6H,13H2,1-3H3. The summed E-state index contributed by atoms with van der Waals surface area (Å²) in [6.07, 6.45) is 1.76. The van der Waals surface area contributed by atoms with Crippen molar-refractivity contribution >= 4 is 27.3 Å². The lowest BCUT2D eigenvalue weighted by molar-refractivity contribution is 0.590. The van der Waals surface area contributed by atoms with Crippen molar-refractivity contribution in [3.63, 3.8) is 0 Å². The molecule has 0 atom stereocenters. The van der Waals surface area contributed by atoms with Gasteiger partial charge in [0.2, 0.25) is 0 Å². The third kappa shape index (κ3) is 1.74. The molecule has 0 aromatic carbocycles. The Balaban J connectivity index is 2.76. The van der Waals surface area contributed by atoms with Gasteiger partial charge in [-0.2, -0.15) is 5.10 Å². The molecule has 0 unspecified atom stereocenters. The van der Waals surface area contributed by atoms with E-state index < -0.39 is 0 Å². The normalized spacial score (nSPS) is 12.3. The SMILES string of the molecule is CC(C)(C)c1cc(N)n2ncc(Br)c2c1. The first kappa shape index (κ1) is 10.5. The molecule has 80 valence electrons. The van der Waals surface area contributed by atoms with E-state index in [0.29, 0.717) is 5.82 Å². The lowest BCUT2D eigenvalue weighted by Crippen LogP contribution is -2.13. The molecule has 4 heteroatoms. The van der Waals surface area contributed by atoms with Gasteiger partial charge in [-0.05, 0) is 39.0 Å². The molecule has 0 radical (unpaired) electrons. The van der Waals surface area contributed by atoms with Crippen molar-refractivity contribution in [3.8, 4) is 0 Å². The van der Waals surface area contributed by atoms with Crippen LogP contribution in [0.2, 0.25) is 0 Å². The highest BCUT2D eigenvalue weighted by molar-refractivity contribution is 9.10. The van der Waals surface area contributed by atoms with E-state index in [1.54, 1.807) is 10.7 Å². The lowest BCUT2D eigenvalue weighted by atomic mass is 9.87. The Kier molecular flexibility index (Phi) is 2.26. The number of rotatable bonds is 0. The van der Waals surface area contributed by atoms with E-state index in [-0.39, 0.29) is 5.41 Å². The molecule has 2 heterocycles. The van der Waals surface area contributed by atoms with Gasteiger partial charge >= 0.3 is 0 Å². The fourth-order valence-corrected chi connectivity index (χ4v) is 1.89. The molecule has 0 fully saturated rings. The predicted molar refractivity (Wildman–Crippen MR) is 66.0 cm³/mol. The van der Waals surface area contributed by atoms with Crippen LogP contribution in [0.1, 0.15) is 26.3 Å². The smallest absolute Gasteiger partial charge is 0.125 e. The molecule has 3 nitrogen and oxygen atoms in total. The van der Waals surface area contributed by atoms with Crippen LogP contribution < -0.4 is 5.73 Å². The second kappa shape index (κ2) is 3.23. The van der Waals surface area contributed by atoms with Crippen molar-refractivity contribution in [2.75, 3.05) is 5.73 Å². The van der Waals surface area contributed by atoms with Crippen molar-refractivity contribution in [2.24, 2.45) is 0 Å². The van der Waals surface area contributed by atoms with Gasteiger partial charge in [0.05, 0.1) is 16.2 Å². The number of nitrogens with zero attached hydrogens (tertiary/aromatic N) is 2. The van der Waals surface area contributed by atoms with E-state index in [1.807, 2.05) is 6.07 Å². The Morgan fingerprint density at radius 2 is 2.00 bits per heavy atom. The number of hydrogen-bond donors (Lipinski definition) is 1. The van der Waals surface area contributed by atoms with Crippen molar-refractivity contribution in [1.82, 2.24) is 9.61 Å². The minimum absolute atomic E-state index is 0.0968. The summed E-state index contributed by atoms with van der Waals surface area (Å²) in [5.74, 6) is 0.670. The fraction of sp³-hybridized carbons (Fsp3) is 0.364. The van der Waals surface area contributed by atoms with Crippen LogP contribution in [0.4, 0.5) is 5.82 Å². The second-order valence-corrected chi connectivity index (χ2v) is 5.56. The maximum atomic E-state index is 5.95. The summed E-state index contributed by atoms with van der Waals surface area (Å²) >= 11 is 3.46. The minimum Gasteiger partial charge on any atom is -0.384 e. The fourth-order valence-electron chi connectivity index (χ4n) is 1.52. The molecule has 0 bridgehead atoms. The number of anilines is 1. The van der Waals surface area contributed by atoms with Crippen molar-refractivity contribution in [3.05, 3.63) is 28.4 Å². The average molecular weight is 268 g/mol. The molecule has 0 aliphatic heterocycles. The first-order valence-electron chi connectivity index (χ1n) is 4.83. The molecule has 0 aliphatic rings. The summed E-state index contributed by atoms with van der Waals surface area (Å²) in [5.41, 5.74) is 8.27. The predicted octanol–water partition coefficient (Wildman–Crippen LogP) is 2.98. The van der Waals surface area contributed by atoms with Crippen LogP contribution in [0.3, 0.4) is 0 Å². The Morgan fingerprint density at radius 3 is 2.60 bits per heavy atom. The molecule has 15 heavy (non-hydrogen) atoms. The number of halogens is 1. The Morgan fingerprint density at radius 1 is 1.33 bits per heavy atom. The van der Waals surface area contributed by atoms with E-state index >= 15 is 0 Å². The van der Waals surface area contributed by atoms with Gasteiger partial charge in [0.25, 0.3) is 0 Å². The van der Waals surface area contributed by atoms with Crippen molar-refractivity contribution in [1.29, 1.82) is 0 Å². The van der Waals surface area contributed by atoms with Crippen LogP contribution in [0, 0.1) is 0 Å². The van der Waals surface area contributed by atoms with Gasteiger partial charge in [0.1, 0.15) is 5.82 Å². The highest BCUT2D eigenvalue weighted by Crippen LogP contribution is 2.28. The van der Waals surface area contributed by atoms with Crippen molar-refractivity contribution in [2.45, 2.75) is 26.2 Å². The van der Waals surface area contributed by atoms with Crippen molar-refractivity contribution < 1.29 is 0 Å². The summed E-state index contributed by atoms with van der Waals surface area (Å²) in [4.78, 5) is 0. The highest BCUT2D eigenvalue weighted by Gasteiger charge is 2.16. The first-order valence-corrected chi connectivity index (χ1v) is 5.62. The summed E-state index contributed by atoms with van der Waals surface area (Å²) in [5, 5.41) is 4.19. The minimum atomic E-state index is 0.0968. The maximum absolute atomic E-state index is 5.95. The number of nitrogens with two attached hydrogens (primary N) is 1. The highest BCUT2D eigenvalue weighted by atomic mass is 79.9. The zero-order chi connectivity index (χ0) is 11.2. The van der Waals surface area contributed by atoms with Crippen LogP contribution >= 0.6 is 15.9 Å². The number of nitrogen functional groups attached to an aromatic ring is 1. The van der Waals surface area contributed by atoms with Gasteiger partial charge in [0.15, 0.2) is 0 Å². The van der Waals surface area contributed by atoms with Gasteiger partial charge in [-0.1, -0.05) is 20.8 Å². The molecule has 0 saturated carbocycles. The van der Waals surface area contributed by atoms with Gasteiger partial charge in [-0.15, -0.1) is 0 Å². The lowest BCUT2D eigenvalue weighted by Gasteiger charge is -2.19. The van der Waals surface area contributed by atoms with Crippen LogP contribution in [0.25, 0.3) is 5.52 Å². The number of aromatic nitrogens is 2. The van der Waals surface area contributed by atoms with Crippen LogP contribution in [-0.4, -0.2) is 9.61 Å². The molecule has 2 aromatic heterocycles. The molecule has 2 N–H and O–H groups in total. The second-order valence-electron chi connectivity index (χ2n) is 4.71. The van der Waals surface area contributed by atoms with E-state index in [0.717, 1.165) is 9.99 Å². The van der Waals surface area contributed by atoms with E-state index in [4.69, 9.17) is 5.73 Å². The zero-order valence-electron chi connectivity index (χ0n) is 9.08. The van der Waals surface area contributed by atoms with Crippen LogP contribution in [0.5, 0.6) is 0 Å². The Labute approximate surface area is 97.4 Å². The quantitative estimate of drug-likeness (QED) is 0.798. The third-order valence-electron chi connectivity index (χ3n) is 2.47. The zero-order valence-corrected chi connectivity index (χ0v) is 10.7. The summed E-state index contributed by atoms with van der Waals surface area (Å²) < 4.78 is 2.71. The first-order chi connectivity index (χ1) is 6.89. The topological polar surface area (TPSA) is 43.3 Å². The Hall–Kier alpha value is -1.03. The average Bonchev–Trinajstić information content (AvgIpc) is 2.47. The molecule has 0 spiro atoms. The van der Waals surface area contributed by atoms with E-state index in [9.17, 15) is 0 Å². The number of hydrogen-bond acceptors (Lipinski definition) is 2. The van der Waals surface area contributed by atoms with Gasteiger partial charge in [0, 0.05) is 0 Å². The van der Waals surface area contributed by atoms with Crippen LogP contribution in [0.15, 0.2) is 22.8 Å². The Bertz CT molecular complexity index is 508. The molecule has 2 rings (SSSR count). The summed E-state index contributed by atoms with van der Waals surface area (Å²) in [6, 6.07) is 4.10. The summed E-state index contributed by atoms with van der Waals surface area (Å²) in [7, 11) is 0. The largest absolute Gasteiger partial charge is 0.384 e. The molecule has 0 amide bonds. The molecule has 2 aromatic rings. The number of pyridine rings is 1. The summed E-state index contributed by atoms with van der Waals surface area (Å²) in [6.45, 7) is 6.51. The molecule has 0 saturated heterocycles. The monoisotopic (exact) mass is 267 g/mol. The van der Waals surface area contributed by atoms with Gasteiger partial charge in [-0.25, -0.2) is 4.52 Å². The maximum Gasteiger partial charge on any atom is 0.125 e. The van der Waals surface area contributed by atoms with E-state index in [2.05, 4.69) is 47.9 Å². The third-order valence-corrected chi connectivity index (χ3v) is 3.08. The number of fused-ring (bicyclic) bond motifs is 1. The van der Waals surface area contributed by atoms with E-state index in [1.165, 1.54) is 5.56 Å².